The van der Waals surface area contributed by atoms with Gasteiger partial charge in [-0.1, -0.05) is 30.3 Å². The van der Waals surface area contributed by atoms with Gasteiger partial charge in [-0.2, -0.15) is 5.10 Å². The van der Waals surface area contributed by atoms with E-state index >= 15 is 0 Å². The summed E-state index contributed by atoms with van der Waals surface area (Å²) in [6, 6.07) is 15.0. The molecule has 2 N–H and O–H groups in total. The van der Waals surface area contributed by atoms with Crippen LogP contribution in [0.15, 0.2) is 48.7 Å². The third kappa shape index (κ3) is 3.91. The molecule has 0 saturated carbocycles. The Balaban J connectivity index is 1.38. The Bertz CT molecular complexity index is 825. The normalized spacial score (nSPS) is 18.7. The van der Waals surface area contributed by atoms with Crippen molar-refractivity contribution in [2.75, 3.05) is 13.1 Å². The minimum Gasteiger partial charge on any atom is -0.392 e. The number of hydrogen-bond donors (Lipinski definition) is 2. The molecule has 1 atom stereocenters. The summed E-state index contributed by atoms with van der Waals surface area (Å²) < 4.78 is 0. The second-order valence-corrected chi connectivity index (χ2v) is 7.21. The van der Waals surface area contributed by atoms with Crippen LogP contribution in [0, 0.1) is 5.92 Å². The lowest BCUT2D eigenvalue weighted by atomic mass is 9.90. The smallest absolute Gasteiger partial charge is 0.0681 e. The molecule has 0 radical (unpaired) electrons. The summed E-state index contributed by atoms with van der Waals surface area (Å²) in [5.74, 6) is 0.717. The van der Waals surface area contributed by atoms with Gasteiger partial charge in [0.25, 0.3) is 0 Å². The van der Waals surface area contributed by atoms with Gasteiger partial charge in [-0.3, -0.25) is 10.00 Å². The Morgan fingerprint density at radius 3 is 2.72 bits per heavy atom. The molecule has 0 amide bonds. The summed E-state index contributed by atoms with van der Waals surface area (Å²) in [5, 5.41) is 17.5. The summed E-state index contributed by atoms with van der Waals surface area (Å²) >= 11 is 0. The Morgan fingerprint density at radius 2 is 1.88 bits per heavy atom. The summed E-state index contributed by atoms with van der Waals surface area (Å²) in [6.07, 6.45) is 5.62. The van der Waals surface area contributed by atoms with Crippen LogP contribution in [0.5, 0.6) is 0 Å². The molecule has 1 aliphatic heterocycles. The third-order valence-electron chi connectivity index (χ3n) is 5.24. The van der Waals surface area contributed by atoms with Crippen molar-refractivity contribution >= 4 is 10.9 Å². The molecule has 1 fully saturated rings. The van der Waals surface area contributed by atoms with Crippen LogP contribution in [0.2, 0.25) is 0 Å². The molecule has 2 heterocycles. The number of fused-ring (bicyclic) bond motifs is 1. The third-order valence-corrected chi connectivity index (χ3v) is 5.24. The number of piperidine rings is 1. The molecule has 0 aliphatic carbocycles. The molecule has 1 aromatic heterocycles. The van der Waals surface area contributed by atoms with Crippen LogP contribution >= 0.6 is 0 Å². The highest BCUT2D eigenvalue weighted by atomic mass is 16.3. The summed E-state index contributed by atoms with van der Waals surface area (Å²) in [6.45, 7) is 3.46. The maximum atomic E-state index is 9.16. The summed E-state index contributed by atoms with van der Waals surface area (Å²) in [5.41, 5.74) is 4.83. The molecule has 25 heavy (non-hydrogen) atoms. The molecule has 4 heteroatoms. The first kappa shape index (κ1) is 16.3. The van der Waals surface area contributed by atoms with E-state index in [0.717, 1.165) is 36.5 Å². The van der Waals surface area contributed by atoms with Gasteiger partial charge in [0, 0.05) is 18.5 Å². The molecule has 0 bridgehead atoms. The number of aliphatic hydroxyl groups is 1. The van der Waals surface area contributed by atoms with E-state index in [1.165, 1.54) is 35.9 Å². The average Bonchev–Trinajstić information content (AvgIpc) is 3.10. The van der Waals surface area contributed by atoms with Gasteiger partial charge < -0.3 is 5.11 Å². The molecule has 0 spiro atoms. The van der Waals surface area contributed by atoms with E-state index in [9.17, 15) is 0 Å². The number of benzene rings is 2. The van der Waals surface area contributed by atoms with Crippen molar-refractivity contribution in [3.05, 3.63) is 65.4 Å². The minimum absolute atomic E-state index is 0.118. The van der Waals surface area contributed by atoms with Gasteiger partial charge in [0.05, 0.1) is 18.3 Å². The fourth-order valence-corrected chi connectivity index (χ4v) is 3.92. The Hall–Kier alpha value is -2.17. The number of aliphatic hydroxyl groups excluding tert-OH is 1. The number of likely N-dealkylation sites (tertiary alicyclic amines) is 1. The quantitative estimate of drug-likeness (QED) is 0.750. The molecule has 4 rings (SSSR count). The lowest BCUT2D eigenvalue weighted by molar-refractivity contribution is 0.167. The zero-order chi connectivity index (χ0) is 17.1. The second-order valence-electron chi connectivity index (χ2n) is 7.21. The lowest BCUT2D eigenvalue weighted by Gasteiger charge is -2.33. The average molecular weight is 335 g/mol. The fraction of sp³-hybridized carbons (Fsp3) is 0.381. The van der Waals surface area contributed by atoms with Gasteiger partial charge in [-0.15, -0.1) is 0 Å². The predicted molar refractivity (Wildman–Crippen MR) is 100 cm³/mol. The van der Waals surface area contributed by atoms with Gasteiger partial charge in [-0.05, 0) is 60.5 Å². The molecule has 1 aliphatic rings. The first-order valence-electron chi connectivity index (χ1n) is 9.13. The van der Waals surface area contributed by atoms with E-state index in [1.54, 1.807) is 0 Å². The van der Waals surface area contributed by atoms with Crippen LogP contribution in [-0.2, 0) is 19.6 Å². The zero-order valence-corrected chi connectivity index (χ0v) is 14.5. The molecular formula is C21H25N3O. The molecule has 1 saturated heterocycles. The Kier molecular flexibility index (Phi) is 4.81. The molecule has 4 nitrogen and oxygen atoms in total. The first-order chi connectivity index (χ1) is 12.3. The SMILES string of the molecule is OCc1ccc(CN2CCCC(Cc3ccc4[nH]ncc4c3)C2)cc1. The van der Waals surface area contributed by atoms with Gasteiger partial charge in [0.1, 0.15) is 0 Å². The summed E-state index contributed by atoms with van der Waals surface area (Å²) in [7, 11) is 0. The highest BCUT2D eigenvalue weighted by Crippen LogP contribution is 2.24. The van der Waals surface area contributed by atoms with Crippen LogP contribution in [-0.4, -0.2) is 33.3 Å². The molecular weight excluding hydrogens is 310 g/mol. The van der Waals surface area contributed by atoms with Gasteiger partial charge in [-0.25, -0.2) is 0 Å². The highest BCUT2D eigenvalue weighted by Gasteiger charge is 2.20. The van der Waals surface area contributed by atoms with Crippen molar-refractivity contribution in [3.8, 4) is 0 Å². The Labute approximate surface area is 148 Å². The maximum Gasteiger partial charge on any atom is 0.0681 e. The number of rotatable bonds is 5. The van der Waals surface area contributed by atoms with Crippen molar-refractivity contribution in [2.45, 2.75) is 32.4 Å². The Morgan fingerprint density at radius 1 is 1.08 bits per heavy atom. The summed E-state index contributed by atoms with van der Waals surface area (Å²) in [4.78, 5) is 2.57. The molecule has 130 valence electrons. The standard InChI is InChI=1S/C21H25N3O/c25-15-17-5-3-16(4-6-17)13-24-9-1-2-19(14-24)10-18-7-8-21-20(11-18)12-22-23-21/h3-8,11-12,19,25H,1-2,9-10,13-15H2,(H,22,23). The van der Waals surface area contributed by atoms with E-state index in [4.69, 9.17) is 5.11 Å². The zero-order valence-electron chi connectivity index (χ0n) is 14.5. The number of nitrogens with one attached hydrogen (secondary N) is 1. The van der Waals surface area contributed by atoms with Crippen LogP contribution in [0.4, 0.5) is 0 Å². The van der Waals surface area contributed by atoms with E-state index in [-0.39, 0.29) is 6.61 Å². The number of H-pyrrole nitrogens is 1. The number of aromatic nitrogens is 2. The lowest BCUT2D eigenvalue weighted by Crippen LogP contribution is -2.35. The highest BCUT2D eigenvalue weighted by molar-refractivity contribution is 5.78. The largest absolute Gasteiger partial charge is 0.392 e. The molecule has 3 aromatic rings. The number of nitrogens with zero attached hydrogens (tertiary/aromatic N) is 2. The van der Waals surface area contributed by atoms with Crippen molar-refractivity contribution < 1.29 is 5.11 Å². The molecule has 2 aromatic carbocycles. The van der Waals surface area contributed by atoms with E-state index in [1.807, 2.05) is 18.3 Å². The van der Waals surface area contributed by atoms with Gasteiger partial charge in [0.15, 0.2) is 0 Å². The van der Waals surface area contributed by atoms with Crippen molar-refractivity contribution in [1.82, 2.24) is 15.1 Å². The topological polar surface area (TPSA) is 52.1 Å². The first-order valence-corrected chi connectivity index (χ1v) is 9.13. The van der Waals surface area contributed by atoms with Crippen LogP contribution < -0.4 is 0 Å². The fourth-order valence-electron chi connectivity index (χ4n) is 3.92. The number of hydrogen-bond acceptors (Lipinski definition) is 3. The van der Waals surface area contributed by atoms with Crippen molar-refractivity contribution in [3.63, 3.8) is 0 Å². The van der Waals surface area contributed by atoms with E-state index < -0.39 is 0 Å². The van der Waals surface area contributed by atoms with E-state index in [2.05, 4.69) is 45.4 Å². The van der Waals surface area contributed by atoms with Crippen LogP contribution in [0.25, 0.3) is 10.9 Å². The second kappa shape index (κ2) is 7.38. The minimum atomic E-state index is 0.118. The number of aromatic amines is 1. The van der Waals surface area contributed by atoms with E-state index in [0.29, 0.717) is 0 Å². The van der Waals surface area contributed by atoms with Crippen LogP contribution in [0.3, 0.4) is 0 Å². The maximum absolute atomic E-state index is 9.16. The van der Waals surface area contributed by atoms with Gasteiger partial charge >= 0.3 is 0 Å². The van der Waals surface area contributed by atoms with Gasteiger partial charge in [0.2, 0.25) is 0 Å². The van der Waals surface area contributed by atoms with Crippen LogP contribution in [0.1, 0.15) is 29.5 Å². The predicted octanol–water partition coefficient (Wildman–Crippen LogP) is 3.51. The monoisotopic (exact) mass is 335 g/mol. The van der Waals surface area contributed by atoms with Crippen molar-refractivity contribution in [2.24, 2.45) is 5.92 Å². The molecule has 1 unspecified atom stereocenters. The van der Waals surface area contributed by atoms with Crippen molar-refractivity contribution in [1.29, 1.82) is 0 Å².